The van der Waals surface area contributed by atoms with Gasteiger partial charge in [-0.3, -0.25) is 4.79 Å². The highest BCUT2D eigenvalue weighted by Gasteiger charge is 2.32. The van der Waals surface area contributed by atoms with E-state index in [1.807, 2.05) is 11.9 Å². The number of aromatic nitrogens is 1. The minimum absolute atomic E-state index is 0.0406. The van der Waals surface area contributed by atoms with E-state index in [2.05, 4.69) is 20.5 Å². The van der Waals surface area contributed by atoms with Crippen LogP contribution in [0.25, 0.3) is 0 Å². The van der Waals surface area contributed by atoms with Gasteiger partial charge in [-0.05, 0) is 43.4 Å². The number of pyridine rings is 1. The first-order valence-electron chi connectivity index (χ1n) is 12.0. The lowest BCUT2D eigenvalue weighted by molar-refractivity contribution is -0.137. The van der Waals surface area contributed by atoms with Crippen molar-refractivity contribution in [1.82, 2.24) is 9.88 Å². The number of likely N-dealkylation sites (N-methyl/N-ethyl adjacent to an activating group) is 1. The summed E-state index contributed by atoms with van der Waals surface area (Å²) in [6, 6.07) is 9.59. The molecule has 5 rings (SSSR count). The Kier molecular flexibility index (Phi) is 7.22. The molecule has 3 heterocycles. The monoisotopic (exact) mass is 547 g/mol. The van der Waals surface area contributed by atoms with Crippen LogP contribution in [-0.4, -0.2) is 62.2 Å². The lowest BCUT2D eigenvalue weighted by atomic mass is 10.1. The molecule has 1 aromatic heterocycles. The summed E-state index contributed by atoms with van der Waals surface area (Å²) >= 11 is 6.32. The zero-order valence-corrected chi connectivity index (χ0v) is 21.2. The highest BCUT2D eigenvalue weighted by Crippen LogP contribution is 2.40. The van der Waals surface area contributed by atoms with Crippen molar-refractivity contribution in [2.75, 3.05) is 61.9 Å². The Bertz CT molecular complexity index is 1350. The van der Waals surface area contributed by atoms with Crippen molar-refractivity contribution < 1.29 is 27.4 Å². The molecular formula is C26H25ClF3N5O3. The molecule has 0 unspecified atom stereocenters. The van der Waals surface area contributed by atoms with Crippen LogP contribution in [-0.2, 0) is 6.18 Å². The Labute approximate surface area is 222 Å². The number of anilines is 3. The summed E-state index contributed by atoms with van der Waals surface area (Å²) in [7, 11) is 1.96. The van der Waals surface area contributed by atoms with Crippen molar-refractivity contribution in [3.8, 4) is 17.2 Å². The van der Waals surface area contributed by atoms with Gasteiger partial charge in [-0.1, -0.05) is 11.6 Å². The normalized spacial score (nSPS) is 15.8. The molecule has 0 radical (unpaired) electrons. The van der Waals surface area contributed by atoms with Crippen molar-refractivity contribution in [3.63, 3.8) is 0 Å². The Balaban J connectivity index is 1.39. The van der Waals surface area contributed by atoms with E-state index in [1.54, 1.807) is 18.3 Å². The molecule has 1 saturated heterocycles. The minimum Gasteiger partial charge on any atom is -0.485 e. The van der Waals surface area contributed by atoms with Crippen LogP contribution in [0.3, 0.4) is 0 Å². The third-order valence-electron chi connectivity index (χ3n) is 6.29. The number of amides is 1. The Morgan fingerprint density at radius 3 is 2.66 bits per heavy atom. The fourth-order valence-corrected chi connectivity index (χ4v) is 4.39. The van der Waals surface area contributed by atoms with E-state index in [4.69, 9.17) is 21.1 Å². The second kappa shape index (κ2) is 10.6. The summed E-state index contributed by atoms with van der Waals surface area (Å²) in [5, 5.41) is 5.95. The SMILES string of the molecule is CN1CCN(c2cc(NC(=O)c3ccc(Cl)c(Oc4ccnc5c4OCCN5)c3)cc(C(F)(F)F)c2)CC1. The molecule has 2 aromatic carbocycles. The highest BCUT2D eigenvalue weighted by molar-refractivity contribution is 6.32. The molecule has 2 aliphatic heterocycles. The number of carbonyl (C=O) groups is 1. The Morgan fingerprint density at radius 2 is 1.89 bits per heavy atom. The molecular weight excluding hydrogens is 523 g/mol. The van der Waals surface area contributed by atoms with Gasteiger partial charge in [0.1, 0.15) is 12.4 Å². The van der Waals surface area contributed by atoms with Crippen molar-refractivity contribution in [2.24, 2.45) is 0 Å². The van der Waals surface area contributed by atoms with Crippen LogP contribution in [0, 0.1) is 0 Å². The Hall–Kier alpha value is -3.70. The van der Waals surface area contributed by atoms with E-state index in [0.717, 1.165) is 25.2 Å². The summed E-state index contributed by atoms with van der Waals surface area (Å²) in [6.07, 6.45) is -3.02. The van der Waals surface area contributed by atoms with Crippen molar-refractivity contribution in [1.29, 1.82) is 0 Å². The van der Waals surface area contributed by atoms with Gasteiger partial charge in [-0.15, -0.1) is 0 Å². The molecule has 0 atom stereocenters. The predicted octanol–water partition coefficient (Wildman–Crippen LogP) is 5.35. The third-order valence-corrected chi connectivity index (χ3v) is 6.61. The van der Waals surface area contributed by atoms with Gasteiger partial charge in [0.05, 0.1) is 17.1 Å². The molecule has 200 valence electrons. The van der Waals surface area contributed by atoms with Gasteiger partial charge in [0.25, 0.3) is 5.91 Å². The maximum absolute atomic E-state index is 13.7. The second-order valence-corrected chi connectivity index (χ2v) is 9.43. The number of piperazine rings is 1. The lowest BCUT2D eigenvalue weighted by Gasteiger charge is -2.34. The molecule has 0 saturated carbocycles. The average molecular weight is 548 g/mol. The first kappa shape index (κ1) is 25.9. The van der Waals surface area contributed by atoms with Crippen molar-refractivity contribution in [3.05, 3.63) is 64.8 Å². The summed E-state index contributed by atoms with van der Waals surface area (Å²) in [5.74, 6) is 0.884. The zero-order chi connectivity index (χ0) is 26.9. The van der Waals surface area contributed by atoms with Gasteiger partial charge in [0.15, 0.2) is 11.6 Å². The van der Waals surface area contributed by atoms with Crippen LogP contribution in [0.15, 0.2) is 48.7 Å². The summed E-state index contributed by atoms with van der Waals surface area (Å²) in [5.41, 5.74) is -0.233. The standard InChI is InChI=1S/C26H25ClF3N5O3/c1-34-7-9-35(10-8-34)19-14-17(26(28,29)30)13-18(15-19)33-25(36)16-2-3-20(27)22(12-16)38-21-4-5-31-24-23(21)37-11-6-32-24/h2-5,12-15H,6-11H2,1H3,(H,31,32)(H,33,36). The van der Waals surface area contributed by atoms with E-state index in [1.165, 1.54) is 18.2 Å². The molecule has 2 aliphatic rings. The first-order chi connectivity index (χ1) is 18.2. The number of halogens is 4. The smallest absolute Gasteiger partial charge is 0.416 e. The quantitative estimate of drug-likeness (QED) is 0.445. The zero-order valence-electron chi connectivity index (χ0n) is 20.4. The number of nitrogens with zero attached hydrogens (tertiary/aromatic N) is 3. The molecule has 0 bridgehead atoms. The van der Waals surface area contributed by atoms with Crippen LogP contribution in [0.4, 0.5) is 30.4 Å². The average Bonchev–Trinajstić information content (AvgIpc) is 2.90. The maximum Gasteiger partial charge on any atom is 0.416 e. The summed E-state index contributed by atoms with van der Waals surface area (Å²) < 4.78 is 52.6. The summed E-state index contributed by atoms with van der Waals surface area (Å²) in [4.78, 5) is 21.3. The fourth-order valence-electron chi connectivity index (χ4n) is 4.24. The lowest BCUT2D eigenvalue weighted by Crippen LogP contribution is -2.44. The van der Waals surface area contributed by atoms with Gasteiger partial charge in [0, 0.05) is 55.4 Å². The topological polar surface area (TPSA) is 79.0 Å². The number of fused-ring (bicyclic) bond motifs is 1. The van der Waals surface area contributed by atoms with Gasteiger partial charge in [0.2, 0.25) is 5.75 Å². The van der Waals surface area contributed by atoms with Crippen molar-refractivity contribution >= 4 is 34.7 Å². The van der Waals surface area contributed by atoms with Crippen LogP contribution in [0.2, 0.25) is 5.02 Å². The Morgan fingerprint density at radius 1 is 1.11 bits per heavy atom. The van der Waals surface area contributed by atoms with Crippen LogP contribution in [0.1, 0.15) is 15.9 Å². The molecule has 0 spiro atoms. The highest BCUT2D eigenvalue weighted by atomic mass is 35.5. The second-order valence-electron chi connectivity index (χ2n) is 9.02. The number of hydrogen-bond acceptors (Lipinski definition) is 7. The number of benzene rings is 2. The van der Waals surface area contributed by atoms with E-state index < -0.39 is 17.6 Å². The maximum atomic E-state index is 13.7. The van der Waals surface area contributed by atoms with Crippen LogP contribution < -0.4 is 25.0 Å². The molecule has 1 fully saturated rings. The van der Waals surface area contributed by atoms with Crippen LogP contribution >= 0.6 is 11.6 Å². The van der Waals surface area contributed by atoms with Crippen LogP contribution in [0.5, 0.6) is 17.2 Å². The number of hydrogen-bond donors (Lipinski definition) is 2. The molecule has 2 N–H and O–H groups in total. The molecule has 0 aliphatic carbocycles. The number of rotatable bonds is 5. The largest absolute Gasteiger partial charge is 0.485 e. The van der Waals surface area contributed by atoms with Gasteiger partial charge >= 0.3 is 6.18 Å². The van der Waals surface area contributed by atoms with E-state index in [-0.39, 0.29) is 22.0 Å². The molecule has 8 nitrogen and oxygen atoms in total. The molecule has 3 aromatic rings. The van der Waals surface area contributed by atoms with Gasteiger partial charge < -0.3 is 29.9 Å². The third kappa shape index (κ3) is 5.73. The van der Waals surface area contributed by atoms with Gasteiger partial charge in [-0.2, -0.15) is 13.2 Å². The van der Waals surface area contributed by atoms with Gasteiger partial charge in [-0.25, -0.2) is 4.98 Å². The number of ether oxygens (including phenoxy) is 2. The van der Waals surface area contributed by atoms with Crippen molar-refractivity contribution in [2.45, 2.75) is 6.18 Å². The van der Waals surface area contributed by atoms with E-state index in [0.29, 0.717) is 49.2 Å². The number of alkyl halides is 3. The molecule has 12 heteroatoms. The number of carbonyl (C=O) groups excluding carboxylic acids is 1. The molecule has 1 amide bonds. The molecule has 38 heavy (non-hydrogen) atoms. The van der Waals surface area contributed by atoms with E-state index >= 15 is 0 Å². The number of nitrogens with one attached hydrogen (secondary N) is 2. The predicted molar refractivity (Wildman–Crippen MR) is 139 cm³/mol. The van der Waals surface area contributed by atoms with E-state index in [9.17, 15) is 18.0 Å². The fraction of sp³-hybridized carbons (Fsp3) is 0.308. The first-order valence-corrected chi connectivity index (χ1v) is 12.4. The summed E-state index contributed by atoms with van der Waals surface area (Å²) in [6.45, 7) is 3.66. The minimum atomic E-state index is -4.57.